The summed E-state index contributed by atoms with van der Waals surface area (Å²) in [7, 11) is 1.62. The SMILES string of the molecule is COCCOc1nc(-c2cccs2)n(-c2ccc(NCC(O)COC(C)(C)C)cc2)n1. The molecule has 0 radical (unpaired) electrons. The van der Waals surface area contributed by atoms with E-state index in [9.17, 15) is 5.11 Å². The Morgan fingerprint density at radius 3 is 2.58 bits per heavy atom. The maximum atomic E-state index is 10.1. The number of rotatable bonds is 11. The number of anilines is 1. The van der Waals surface area contributed by atoms with Crippen molar-refractivity contribution in [1.29, 1.82) is 0 Å². The average molecular weight is 447 g/mol. The molecule has 0 spiro atoms. The molecule has 0 fully saturated rings. The van der Waals surface area contributed by atoms with Gasteiger partial charge in [-0.1, -0.05) is 6.07 Å². The summed E-state index contributed by atoms with van der Waals surface area (Å²) in [6, 6.07) is 12.1. The number of nitrogens with zero attached hydrogens (tertiary/aromatic N) is 3. The first-order valence-corrected chi connectivity index (χ1v) is 11.0. The molecular formula is C22H30N4O4S. The largest absolute Gasteiger partial charge is 0.460 e. The van der Waals surface area contributed by atoms with Crippen molar-refractivity contribution in [2.45, 2.75) is 32.5 Å². The van der Waals surface area contributed by atoms with Gasteiger partial charge in [-0.3, -0.25) is 0 Å². The van der Waals surface area contributed by atoms with E-state index in [-0.39, 0.29) is 12.2 Å². The second-order valence-electron chi connectivity index (χ2n) is 7.95. The Morgan fingerprint density at radius 2 is 1.94 bits per heavy atom. The van der Waals surface area contributed by atoms with Crippen LogP contribution in [-0.2, 0) is 9.47 Å². The molecule has 31 heavy (non-hydrogen) atoms. The summed E-state index contributed by atoms with van der Waals surface area (Å²) in [4.78, 5) is 5.54. The molecule has 1 aromatic carbocycles. The second-order valence-corrected chi connectivity index (χ2v) is 8.90. The van der Waals surface area contributed by atoms with Gasteiger partial charge in [0.15, 0.2) is 5.82 Å². The van der Waals surface area contributed by atoms with Crippen LogP contribution in [0.1, 0.15) is 20.8 Å². The highest BCUT2D eigenvalue weighted by molar-refractivity contribution is 7.13. The Morgan fingerprint density at radius 1 is 1.16 bits per heavy atom. The van der Waals surface area contributed by atoms with Gasteiger partial charge in [0.2, 0.25) is 0 Å². The fourth-order valence-electron chi connectivity index (χ4n) is 2.68. The van der Waals surface area contributed by atoms with Crippen molar-refractivity contribution in [3.05, 3.63) is 41.8 Å². The molecule has 1 atom stereocenters. The van der Waals surface area contributed by atoms with Crippen LogP contribution in [0.4, 0.5) is 5.69 Å². The molecule has 0 amide bonds. The van der Waals surface area contributed by atoms with E-state index in [1.54, 1.807) is 23.1 Å². The second kappa shape index (κ2) is 10.7. The maximum absolute atomic E-state index is 10.1. The molecule has 2 aromatic heterocycles. The van der Waals surface area contributed by atoms with Crippen LogP contribution in [0.25, 0.3) is 16.4 Å². The number of hydrogen-bond donors (Lipinski definition) is 2. The minimum Gasteiger partial charge on any atom is -0.460 e. The van der Waals surface area contributed by atoms with E-state index < -0.39 is 6.10 Å². The van der Waals surface area contributed by atoms with E-state index in [2.05, 4.69) is 15.4 Å². The molecular weight excluding hydrogens is 416 g/mol. The van der Waals surface area contributed by atoms with Crippen molar-refractivity contribution in [2.24, 2.45) is 0 Å². The normalized spacial score (nSPS) is 12.7. The van der Waals surface area contributed by atoms with Crippen LogP contribution in [-0.4, -0.2) is 65.1 Å². The van der Waals surface area contributed by atoms with E-state index in [1.807, 2.05) is 62.5 Å². The molecule has 2 N–H and O–H groups in total. The average Bonchev–Trinajstić information content (AvgIpc) is 3.41. The molecule has 3 aromatic rings. The van der Waals surface area contributed by atoms with Crippen LogP contribution < -0.4 is 10.1 Å². The standard InChI is InChI=1S/C22H30N4O4S/c1-22(2,3)30-15-18(27)14-23-16-7-9-17(10-8-16)26-20(19-6-5-13-31-19)24-21(25-26)29-12-11-28-4/h5-10,13,18,23,27H,11-12,14-15H2,1-4H3. The van der Waals surface area contributed by atoms with Gasteiger partial charge >= 0.3 is 6.01 Å². The molecule has 2 heterocycles. The summed E-state index contributed by atoms with van der Waals surface area (Å²) < 4.78 is 18.0. The third kappa shape index (κ3) is 7.03. The minimum atomic E-state index is -0.591. The quantitative estimate of drug-likeness (QED) is 0.435. The van der Waals surface area contributed by atoms with Gasteiger partial charge in [-0.15, -0.1) is 16.4 Å². The lowest BCUT2D eigenvalue weighted by molar-refractivity contribution is -0.0449. The first kappa shape index (κ1) is 23.2. The number of hydrogen-bond acceptors (Lipinski definition) is 8. The number of methoxy groups -OCH3 is 1. The Bertz CT molecular complexity index is 920. The molecule has 1 unspecified atom stereocenters. The number of thiophene rings is 1. The van der Waals surface area contributed by atoms with Crippen molar-refractivity contribution in [2.75, 3.05) is 38.8 Å². The first-order chi connectivity index (χ1) is 14.9. The summed E-state index contributed by atoms with van der Waals surface area (Å²) in [5, 5.41) is 19.9. The molecule has 168 valence electrons. The number of benzene rings is 1. The van der Waals surface area contributed by atoms with Gasteiger partial charge < -0.3 is 24.6 Å². The lowest BCUT2D eigenvalue weighted by Gasteiger charge is -2.22. The van der Waals surface area contributed by atoms with Crippen molar-refractivity contribution in [3.8, 4) is 22.4 Å². The van der Waals surface area contributed by atoms with Crippen LogP contribution in [0.3, 0.4) is 0 Å². The Kier molecular flexibility index (Phi) is 8.03. The lowest BCUT2D eigenvalue weighted by atomic mass is 10.2. The number of aliphatic hydroxyl groups is 1. The molecule has 0 bridgehead atoms. The monoisotopic (exact) mass is 446 g/mol. The molecule has 0 saturated heterocycles. The first-order valence-electron chi connectivity index (χ1n) is 10.1. The van der Waals surface area contributed by atoms with E-state index in [0.29, 0.717) is 25.8 Å². The zero-order chi connectivity index (χ0) is 22.3. The molecule has 8 nitrogen and oxygen atoms in total. The van der Waals surface area contributed by atoms with E-state index >= 15 is 0 Å². The number of aromatic nitrogens is 3. The zero-order valence-electron chi connectivity index (χ0n) is 18.4. The fourth-order valence-corrected chi connectivity index (χ4v) is 3.38. The lowest BCUT2D eigenvalue weighted by Crippen LogP contribution is -2.30. The topological polar surface area (TPSA) is 90.7 Å². The zero-order valence-corrected chi connectivity index (χ0v) is 19.2. The summed E-state index contributed by atoms with van der Waals surface area (Å²) in [6.45, 7) is 7.43. The Hall–Kier alpha value is -2.46. The smallest absolute Gasteiger partial charge is 0.336 e. The summed E-state index contributed by atoms with van der Waals surface area (Å²) >= 11 is 1.59. The third-order valence-electron chi connectivity index (χ3n) is 4.21. The van der Waals surface area contributed by atoms with Crippen LogP contribution >= 0.6 is 11.3 Å². The highest BCUT2D eigenvalue weighted by Crippen LogP contribution is 2.27. The highest BCUT2D eigenvalue weighted by atomic mass is 32.1. The molecule has 0 aliphatic heterocycles. The van der Waals surface area contributed by atoms with Crippen LogP contribution in [0, 0.1) is 0 Å². The van der Waals surface area contributed by atoms with Crippen molar-refractivity contribution in [3.63, 3.8) is 0 Å². The number of ether oxygens (including phenoxy) is 3. The van der Waals surface area contributed by atoms with Gasteiger partial charge in [-0.25, -0.2) is 4.68 Å². The summed E-state index contributed by atoms with van der Waals surface area (Å²) in [5.74, 6) is 0.720. The van der Waals surface area contributed by atoms with Gasteiger partial charge in [0.25, 0.3) is 0 Å². The molecule has 0 aliphatic rings. The van der Waals surface area contributed by atoms with Gasteiger partial charge in [0, 0.05) is 19.3 Å². The Labute approximate surface area is 186 Å². The van der Waals surface area contributed by atoms with E-state index in [1.165, 1.54) is 0 Å². The van der Waals surface area contributed by atoms with Crippen molar-refractivity contribution < 1.29 is 19.3 Å². The predicted octanol–water partition coefficient (Wildman–Crippen LogP) is 3.61. The van der Waals surface area contributed by atoms with Gasteiger partial charge in [-0.2, -0.15) is 4.98 Å². The minimum absolute atomic E-state index is 0.271. The van der Waals surface area contributed by atoms with Crippen LogP contribution in [0.2, 0.25) is 0 Å². The Balaban J connectivity index is 1.68. The third-order valence-corrected chi connectivity index (χ3v) is 5.08. The van der Waals surface area contributed by atoms with Crippen LogP contribution in [0.5, 0.6) is 6.01 Å². The molecule has 3 rings (SSSR count). The maximum Gasteiger partial charge on any atom is 0.336 e. The number of nitrogens with one attached hydrogen (secondary N) is 1. The molecule has 0 saturated carbocycles. The van der Waals surface area contributed by atoms with Gasteiger partial charge in [0.05, 0.1) is 35.5 Å². The van der Waals surface area contributed by atoms with E-state index in [0.717, 1.165) is 22.1 Å². The van der Waals surface area contributed by atoms with Gasteiger partial charge in [0.1, 0.15) is 6.61 Å². The van der Waals surface area contributed by atoms with Crippen LogP contribution in [0.15, 0.2) is 41.8 Å². The summed E-state index contributed by atoms with van der Waals surface area (Å²) in [6.07, 6.45) is -0.591. The van der Waals surface area contributed by atoms with Crippen molar-refractivity contribution >= 4 is 17.0 Å². The number of aliphatic hydroxyl groups excluding tert-OH is 1. The summed E-state index contributed by atoms with van der Waals surface area (Å²) in [5.41, 5.74) is 1.49. The van der Waals surface area contributed by atoms with Crippen molar-refractivity contribution in [1.82, 2.24) is 14.8 Å². The highest BCUT2D eigenvalue weighted by Gasteiger charge is 2.16. The molecule has 9 heteroatoms. The molecule has 0 aliphatic carbocycles. The van der Waals surface area contributed by atoms with Gasteiger partial charge in [-0.05, 0) is 56.5 Å². The predicted molar refractivity (Wildman–Crippen MR) is 122 cm³/mol. The van der Waals surface area contributed by atoms with E-state index in [4.69, 9.17) is 14.2 Å². The fraction of sp³-hybridized carbons (Fsp3) is 0.455.